The molecule has 194 valence electrons. The number of rotatable bonds is 7. The monoisotopic (exact) mass is 554 g/mol. The summed E-state index contributed by atoms with van der Waals surface area (Å²) in [6, 6.07) is 15.5. The zero-order chi connectivity index (χ0) is 27.0. The van der Waals surface area contributed by atoms with Crippen LogP contribution in [-0.4, -0.2) is 21.5 Å². The third-order valence-electron chi connectivity index (χ3n) is 6.62. The van der Waals surface area contributed by atoms with Crippen LogP contribution in [0.5, 0.6) is 0 Å². The summed E-state index contributed by atoms with van der Waals surface area (Å²) in [6.45, 7) is 1.57. The highest BCUT2D eigenvalue weighted by atomic mass is 35.5. The number of carbonyl (C=O) groups is 2. The number of halogens is 3. The molecule has 1 amide bonds. The highest BCUT2D eigenvalue weighted by molar-refractivity contribution is 7.10. The molecular weight excluding hydrogens is 534 g/mol. The van der Waals surface area contributed by atoms with Crippen LogP contribution in [0.15, 0.2) is 60.7 Å². The molecule has 1 fully saturated rings. The molecule has 1 aliphatic rings. The lowest BCUT2D eigenvalue weighted by Crippen LogP contribution is -2.19. The largest absolute Gasteiger partial charge is 0.481 e. The second kappa shape index (κ2) is 10.2. The molecule has 6 nitrogen and oxygen atoms in total. The van der Waals surface area contributed by atoms with Crippen LogP contribution in [0.4, 0.5) is 19.3 Å². The van der Waals surface area contributed by atoms with Crippen LogP contribution in [-0.2, 0) is 21.6 Å². The molecule has 5 rings (SSSR count). The highest BCUT2D eigenvalue weighted by Crippen LogP contribution is 2.48. The smallest absolute Gasteiger partial charge is 0.412 e. The maximum atomic E-state index is 15.3. The maximum absolute atomic E-state index is 15.3. The van der Waals surface area contributed by atoms with Crippen molar-refractivity contribution in [1.29, 1.82) is 0 Å². The third-order valence-corrected chi connectivity index (χ3v) is 7.96. The zero-order valence-corrected chi connectivity index (χ0v) is 21.6. The predicted octanol–water partition coefficient (Wildman–Crippen LogP) is 7.58. The van der Waals surface area contributed by atoms with E-state index in [1.54, 1.807) is 55.5 Å². The molecular formula is C28H21ClF2N2O4S. The number of carbonyl (C=O) groups excluding carboxylic acids is 1. The van der Waals surface area contributed by atoms with E-state index >= 15 is 8.78 Å². The molecule has 0 radical (unpaired) electrons. The van der Waals surface area contributed by atoms with Gasteiger partial charge < -0.3 is 9.84 Å². The molecule has 1 aromatic heterocycles. The van der Waals surface area contributed by atoms with E-state index < -0.39 is 29.1 Å². The van der Waals surface area contributed by atoms with E-state index in [-0.39, 0.29) is 28.3 Å². The molecule has 10 heteroatoms. The summed E-state index contributed by atoms with van der Waals surface area (Å²) in [4.78, 5) is 24.3. The Hall–Kier alpha value is -3.82. The van der Waals surface area contributed by atoms with Crippen LogP contribution in [0.25, 0.3) is 21.6 Å². The zero-order valence-electron chi connectivity index (χ0n) is 20.1. The molecule has 2 N–H and O–H groups in total. The number of aromatic nitrogens is 1. The summed E-state index contributed by atoms with van der Waals surface area (Å²) in [5, 5.41) is 12.5. The summed E-state index contributed by atoms with van der Waals surface area (Å²) < 4.78 is 40.0. The first-order chi connectivity index (χ1) is 18.2. The minimum absolute atomic E-state index is 0.0351. The summed E-state index contributed by atoms with van der Waals surface area (Å²) in [5.74, 6) is -2.26. The predicted molar refractivity (Wildman–Crippen MR) is 141 cm³/mol. The molecule has 0 atom stereocenters. The number of nitrogens with one attached hydrogen (secondary N) is 1. The average molecular weight is 555 g/mol. The minimum Gasteiger partial charge on any atom is -0.481 e. The van der Waals surface area contributed by atoms with Crippen LogP contribution in [0.2, 0.25) is 5.02 Å². The number of ether oxygens (including phenoxy) is 1. The molecule has 3 aromatic carbocycles. The van der Waals surface area contributed by atoms with Crippen LogP contribution in [0.1, 0.15) is 29.7 Å². The number of benzene rings is 3. The number of carboxylic acids is 1. The van der Waals surface area contributed by atoms with Crippen molar-refractivity contribution in [3.8, 4) is 21.6 Å². The molecule has 1 heterocycles. The second-order valence-electron chi connectivity index (χ2n) is 9.04. The second-order valence-corrected chi connectivity index (χ2v) is 10.2. The van der Waals surface area contributed by atoms with Gasteiger partial charge in [-0.25, -0.2) is 13.6 Å². The van der Waals surface area contributed by atoms with Gasteiger partial charge in [0.15, 0.2) is 0 Å². The maximum Gasteiger partial charge on any atom is 0.412 e. The van der Waals surface area contributed by atoms with E-state index in [9.17, 15) is 14.7 Å². The molecule has 1 aliphatic carbocycles. The van der Waals surface area contributed by atoms with Gasteiger partial charge in [-0.1, -0.05) is 54.1 Å². The normalized spacial score (nSPS) is 13.7. The first-order valence-electron chi connectivity index (χ1n) is 11.7. The Labute approximate surface area is 226 Å². The van der Waals surface area contributed by atoms with Crippen molar-refractivity contribution in [2.24, 2.45) is 0 Å². The van der Waals surface area contributed by atoms with Gasteiger partial charge in [0, 0.05) is 21.7 Å². The van der Waals surface area contributed by atoms with Crippen LogP contribution in [0, 0.1) is 18.6 Å². The Kier molecular flexibility index (Phi) is 6.90. The Morgan fingerprint density at radius 2 is 1.74 bits per heavy atom. The Bertz CT molecular complexity index is 1550. The van der Waals surface area contributed by atoms with E-state index in [1.807, 2.05) is 0 Å². The van der Waals surface area contributed by atoms with Crippen molar-refractivity contribution in [3.63, 3.8) is 0 Å². The van der Waals surface area contributed by atoms with Gasteiger partial charge in [-0.05, 0) is 60.6 Å². The van der Waals surface area contributed by atoms with Crippen molar-refractivity contribution in [1.82, 2.24) is 4.37 Å². The van der Waals surface area contributed by atoms with Gasteiger partial charge >= 0.3 is 12.1 Å². The number of anilines is 1. The van der Waals surface area contributed by atoms with Crippen molar-refractivity contribution in [2.45, 2.75) is 31.8 Å². The molecule has 0 bridgehead atoms. The van der Waals surface area contributed by atoms with Gasteiger partial charge in [0.25, 0.3) is 0 Å². The standard InChI is InChI=1S/C28H21ClF2N2O4S/c1-15-24(32-27(36)37-14-17-4-2-3-5-21(17)29)25(38-33-15)20-13-22(30)19(12-23(20)31)16-6-8-18(9-7-16)28(10-11-28)26(34)35/h2-9,12-13H,10-11,14H2,1H3,(H,32,36)(H,34,35). The number of hydrogen-bond acceptors (Lipinski definition) is 5. The molecule has 0 aliphatic heterocycles. The highest BCUT2D eigenvalue weighted by Gasteiger charge is 2.51. The van der Waals surface area contributed by atoms with E-state index in [4.69, 9.17) is 16.3 Å². The fraction of sp³-hybridized carbons (Fsp3) is 0.179. The van der Waals surface area contributed by atoms with Crippen molar-refractivity contribution in [2.75, 3.05) is 5.32 Å². The van der Waals surface area contributed by atoms with Crippen LogP contribution >= 0.6 is 23.1 Å². The summed E-state index contributed by atoms with van der Waals surface area (Å²) in [6.07, 6.45) is 0.316. The lowest BCUT2D eigenvalue weighted by Gasteiger charge is -2.13. The van der Waals surface area contributed by atoms with E-state index in [1.165, 1.54) is 0 Å². The first-order valence-corrected chi connectivity index (χ1v) is 12.8. The van der Waals surface area contributed by atoms with E-state index in [2.05, 4.69) is 9.69 Å². The number of aliphatic carboxylic acids is 1. The summed E-state index contributed by atoms with van der Waals surface area (Å²) in [7, 11) is 0. The number of carboxylic acid groups (broad SMARTS) is 1. The van der Waals surface area contributed by atoms with Gasteiger partial charge in [0.2, 0.25) is 0 Å². The fourth-order valence-corrected chi connectivity index (χ4v) is 5.31. The van der Waals surface area contributed by atoms with E-state index in [0.29, 0.717) is 40.2 Å². The lowest BCUT2D eigenvalue weighted by molar-refractivity contribution is -0.140. The summed E-state index contributed by atoms with van der Waals surface area (Å²) >= 11 is 7.02. The molecule has 0 unspecified atom stereocenters. The molecule has 1 saturated carbocycles. The molecule has 4 aromatic rings. The van der Waals surface area contributed by atoms with Crippen LogP contribution in [0.3, 0.4) is 0 Å². The summed E-state index contributed by atoms with van der Waals surface area (Å²) in [5.41, 5.74) is 1.42. The SMILES string of the molecule is Cc1nsc(-c2cc(F)c(-c3ccc(C4(C(=O)O)CC4)cc3)cc2F)c1NC(=O)OCc1ccccc1Cl. The lowest BCUT2D eigenvalue weighted by atomic mass is 9.93. The quantitative estimate of drug-likeness (QED) is 0.246. The van der Waals surface area contributed by atoms with Gasteiger partial charge in [-0.15, -0.1) is 0 Å². The van der Waals surface area contributed by atoms with Gasteiger partial charge in [-0.2, -0.15) is 4.37 Å². The molecule has 0 spiro atoms. The van der Waals surface area contributed by atoms with Crippen molar-refractivity contribution >= 4 is 40.9 Å². The van der Waals surface area contributed by atoms with Crippen molar-refractivity contribution < 1.29 is 28.2 Å². The Morgan fingerprint density at radius 3 is 2.39 bits per heavy atom. The number of amides is 1. The molecule has 38 heavy (non-hydrogen) atoms. The third kappa shape index (κ3) is 4.87. The fourth-order valence-electron chi connectivity index (χ4n) is 4.26. The van der Waals surface area contributed by atoms with Gasteiger partial charge in [-0.3, -0.25) is 10.1 Å². The van der Waals surface area contributed by atoms with Gasteiger partial charge in [0.1, 0.15) is 18.2 Å². The topological polar surface area (TPSA) is 88.5 Å². The number of nitrogens with zero attached hydrogens (tertiary/aromatic N) is 1. The average Bonchev–Trinajstić information content (AvgIpc) is 3.65. The minimum atomic E-state index is -0.885. The van der Waals surface area contributed by atoms with E-state index in [0.717, 1.165) is 23.7 Å². The number of aryl methyl sites for hydroxylation is 1. The van der Waals surface area contributed by atoms with Crippen molar-refractivity contribution in [3.05, 3.63) is 94.1 Å². The van der Waals surface area contributed by atoms with Crippen LogP contribution < -0.4 is 5.32 Å². The first kappa shape index (κ1) is 25.8. The molecule has 0 saturated heterocycles. The Balaban J connectivity index is 1.37. The van der Waals surface area contributed by atoms with Gasteiger partial charge in [0.05, 0.1) is 21.7 Å². The number of hydrogen-bond donors (Lipinski definition) is 2. The Morgan fingerprint density at radius 1 is 1.08 bits per heavy atom.